The largest absolute Gasteiger partial charge is 0.377 e. The van der Waals surface area contributed by atoms with E-state index in [2.05, 4.69) is 26.9 Å². The van der Waals surface area contributed by atoms with Gasteiger partial charge >= 0.3 is 0 Å². The molecule has 2 aromatic rings. The van der Waals surface area contributed by atoms with E-state index in [0.717, 1.165) is 18.9 Å². The molecule has 1 aliphatic heterocycles. The van der Waals surface area contributed by atoms with Gasteiger partial charge in [-0.1, -0.05) is 12.1 Å². The number of nitrogens with one attached hydrogen (secondary N) is 1. The van der Waals surface area contributed by atoms with Gasteiger partial charge in [0.2, 0.25) is 0 Å². The fraction of sp³-hybridized carbons (Fsp3) is 0.533. The molecule has 0 radical (unpaired) electrons. The molecule has 8 nitrogen and oxygen atoms in total. The highest BCUT2D eigenvalue weighted by atomic mass is 16.5. The molecule has 23 heavy (non-hydrogen) atoms. The summed E-state index contributed by atoms with van der Waals surface area (Å²) in [6.07, 6.45) is 3.54. The predicted molar refractivity (Wildman–Crippen MR) is 81.7 cm³/mol. The number of rotatable bonds is 5. The quantitative estimate of drug-likeness (QED) is 0.887. The van der Waals surface area contributed by atoms with Crippen LogP contribution in [0.25, 0.3) is 0 Å². The lowest BCUT2D eigenvalue weighted by molar-refractivity contribution is 0.0471. The number of hydrogen-bond donors (Lipinski definition) is 1. The van der Waals surface area contributed by atoms with Crippen molar-refractivity contribution >= 4 is 5.91 Å². The Balaban J connectivity index is 1.73. The molecule has 8 heteroatoms. The first-order valence-corrected chi connectivity index (χ1v) is 7.70. The van der Waals surface area contributed by atoms with E-state index in [1.54, 1.807) is 30.5 Å². The third-order valence-electron chi connectivity index (χ3n) is 4.08. The Hall–Kier alpha value is -2.19. The lowest BCUT2D eigenvalue weighted by Gasteiger charge is -2.39. The minimum atomic E-state index is -0.122. The van der Waals surface area contributed by atoms with E-state index in [1.165, 1.54) is 0 Å². The molecule has 0 bridgehead atoms. The molecule has 1 aliphatic rings. The van der Waals surface area contributed by atoms with Crippen LogP contribution < -0.4 is 0 Å². The van der Waals surface area contributed by atoms with Crippen LogP contribution in [0, 0.1) is 0 Å². The molecule has 2 aromatic heterocycles. The SMILES string of the molecule is CCN1CCN(C(=O)c2cc(COC)on2)CC1c1ncc[nH]1. The maximum atomic E-state index is 12.6. The number of carbonyl (C=O) groups excluding carboxylic acids is 1. The minimum Gasteiger partial charge on any atom is -0.377 e. The first kappa shape index (κ1) is 15.7. The highest BCUT2D eigenvalue weighted by Gasteiger charge is 2.32. The van der Waals surface area contributed by atoms with Crippen molar-refractivity contribution in [2.75, 3.05) is 33.3 Å². The molecular formula is C15H21N5O3. The number of aromatic nitrogens is 3. The average molecular weight is 319 g/mol. The van der Waals surface area contributed by atoms with Gasteiger partial charge in [-0.2, -0.15) is 0 Å². The van der Waals surface area contributed by atoms with Crippen molar-refractivity contribution in [3.63, 3.8) is 0 Å². The standard InChI is InChI=1S/C15H21N5O3/c1-3-19-6-7-20(9-13(19)14-16-4-5-17-14)15(21)12-8-11(10-22-2)23-18-12/h4-5,8,13H,3,6-7,9-10H2,1-2H3,(H,16,17). The molecular weight excluding hydrogens is 298 g/mol. The Morgan fingerprint density at radius 1 is 1.52 bits per heavy atom. The number of methoxy groups -OCH3 is 1. The van der Waals surface area contributed by atoms with Crippen molar-refractivity contribution in [3.8, 4) is 0 Å². The number of piperazine rings is 1. The summed E-state index contributed by atoms with van der Waals surface area (Å²) in [4.78, 5) is 24.2. The second-order valence-electron chi connectivity index (χ2n) is 5.48. The van der Waals surface area contributed by atoms with E-state index >= 15 is 0 Å². The van der Waals surface area contributed by atoms with Gasteiger partial charge in [-0.15, -0.1) is 0 Å². The Morgan fingerprint density at radius 2 is 2.39 bits per heavy atom. The summed E-state index contributed by atoms with van der Waals surface area (Å²) in [5, 5.41) is 3.85. The number of aromatic amines is 1. The zero-order chi connectivity index (χ0) is 16.2. The van der Waals surface area contributed by atoms with Crippen molar-refractivity contribution in [1.82, 2.24) is 24.9 Å². The smallest absolute Gasteiger partial charge is 0.276 e. The van der Waals surface area contributed by atoms with Crippen LogP contribution in [-0.2, 0) is 11.3 Å². The van der Waals surface area contributed by atoms with Crippen LogP contribution in [0.1, 0.15) is 35.0 Å². The van der Waals surface area contributed by atoms with Gasteiger partial charge in [-0.25, -0.2) is 4.98 Å². The van der Waals surface area contributed by atoms with E-state index in [1.807, 2.05) is 0 Å². The first-order valence-electron chi connectivity index (χ1n) is 7.70. The minimum absolute atomic E-state index is 0.0676. The Labute approximate surface area is 134 Å². The highest BCUT2D eigenvalue weighted by molar-refractivity contribution is 5.92. The van der Waals surface area contributed by atoms with Crippen LogP contribution in [-0.4, -0.2) is 64.1 Å². The summed E-state index contributed by atoms with van der Waals surface area (Å²) in [5.41, 5.74) is 0.320. The number of carbonyl (C=O) groups is 1. The summed E-state index contributed by atoms with van der Waals surface area (Å²) in [5.74, 6) is 1.30. The first-order chi connectivity index (χ1) is 11.2. The summed E-state index contributed by atoms with van der Waals surface area (Å²) >= 11 is 0. The zero-order valence-electron chi connectivity index (χ0n) is 13.4. The predicted octanol–water partition coefficient (Wildman–Crippen LogP) is 1.06. The zero-order valence-corrected chi connectivity index (χ0v) is 13.4. The Morgan fingerprint density at radius 3 is 3.09 bits per heavy atom. The van der Waals surface area contributed by atoms with Crippen LogP contribution in [0.3, 0.4) is 0 Å². The van der Waals surface area contributed by atoms with Crippen LogP contribution in [0.15, 0.2) is 23.0 Å². The number of imidazole rings is 1. The summed E-state index contributed by atoms with van der Waals surface area (Å²) in [6, 6.07) is 1.71. The van der Waals surface area contributed by atoms with E-state index < -0.39 is 0 Å². The third-order valence-corrected chi connectivity index (χ3v) is 4.08. The number of H-pyrrole nitrogens is 1. The van der Waals surface area contributed by atoms with E-state index in [9.17, 15) is 4.79 Å². The van der Waals surface area contributed by atoms with Gasteiger partial charge in [0.25, 0.3) is 5.91 Å². The molecule has 0 saturated carbocycles. The molecule has 1 saturated heterocycles. The fourth-order valence-corrected chi connectivity index (χ4v) is 2.89. The van der Waals surface area contributed by atoms with Gasteiger partial charge in [-0.3, -0.25) is 9.69 Å². The normalized spacial score (nSPS) is 19.2. The van der Waals surface area contributed by atoms with Crippen molar-refractivity contribution < 1.29 is 14.1 Å². The maximum Gasteiger partial charge on any atom is 0.276 e. The van der Waals surface area contributed by atoms with Gasteiger partial charge < -0.3 is 19.1 Å². The van der Waals surface area contributed by atoms with Gasteiger partial charge in [0.15, 0.2) is 11.5 Å². The van der Waals surface area contributed by atoms with Gasteiger partial charge in [-0.05, 0) is 6.54 Å². The van der Waals surface area contributed by atoms with Gasteiger partial charge in [0.1, 0.15) is 12.4 Å². The van der Waals surface area contributed by atoms with Crippen molar-refractivity contribution in [2.24, 2.45) is 0 Å². The lowest BCUT2D eigenvalue weighted by Crippen LogP contribution is -2.50. The molecule has 1 unspecified atom stereocenters. The summed E-state index contributed by atoms with van der Waals surface area (Å²) < 4.78 is 10.1. The maximum absolute atomic E-state index is 12.6. The molecule has 0 aromatic carbocycles. The molecule has 1 fully saturated rings. The molecule has 0 spiro atoms. The molecule has 1 atom stereocenters. The van der Waals surface area contributed by atoms with Gasteiger partial charge in [0, 0.05) is 45.2 Å². The second kappa shape index (κ2) is 6.93. The van der Waals surface area contributed by atoms with Gasteiger partial charge in [0.05, 0.1) is 6.04 Å². The number of hydrogen-bond acceptors (Lipinski definition) is 6. The Bertz CT molecular complexity index is 639. The van der Waals surface area contributed by atoms with Crippen LogP contribution in [0.4, 0.5) is 0 Å². The van der Waals surface area contributed by atoms with Crippen molar-refractivity contribution in [1.29, 1.82) is 0 Å². The van der Waals surface area contributed by atoms with E-state index in [-0.39, 0.29) is 11.9 Å². The third kappa shape index (κ3) is 3.27. The summed E-state index contributed by atoms with van der Waals surface area (Å²) in [7, 11) is 1.57. The molecule has 124 valence electrons. The fourth-order valence-electron chi connectivity index (χ4n) is 2.89. The van der Waals surface area contributed by atoms with Crippen LogP contribution in [0.5, 0.6) is 0 Å². The van der Waals surface area contributed by atoms with E-state index in [0.29, 0.717) is 31.2 Å². The molecule has 0 aliphatic carbocycles. The highest BCUT2D eigenvalue weighted by Crippen LogP contribution is 2.23. The Kier molecular flexibility index (Phi) is 4.73. The monoisotopic (exact) mass is 319 g/mol. The van der Waals surface area contributed by atoms with E-state index in [4.69, 9.17) is 9.26 Å². The molecule has 1 amide bonds. The van der Waals surface area contributed by atoms with Crippen molar-refractivity contribution in [2.45, 2.75) is 19.6 Å². The molecule has 1 N–H and O–H groups in total. The topological polar surface area (TPSA) is 87.5 Å². The van der Waals surface area contributed by atoms with Crippen LogP contribution >= 0.6 is 0 Å². The summed E-state index contributed by atoms with van der Waals surface area (Å²) in [6.45, 7) is 5.37. The average Bonchev–Trinajstić information content (AvgIpc) is 3.25. The molecule has 3 rings (SSSR count). The number of likely N-dealkylation sites (N-methyl/N-ethyl adjacent to an activating group) is 1. The number of amides is 1. The van der Waals surface area contributed by atoms with Crippen LogP contribution in [0.2, 0.25) is 0 Å². The molecule has 3 heterocycles. The number of ether oxygens (including phenoxy) is 1. The number of nitrogens with zero attached hydrogens (tertiary/aromatic N) is 4. The lowest BCUT2D eigenvalue weighted by atomic mass is 10.1. The van der Waals surface area contributed by atoms with Crippen molar-refractivity contribution in [3.05, 3.63) is 35.7 Å². The second-order valence-corrected chi connectivity index (χ2v) is 5.48.